The van der Waals surface area contributed by atoms with Crippen LogP contribution in [0.5, 0.6) is 17.4 Å². The van der Waals surface area contributed by atoms with Crippen molar-refractivity contribution in [3.63, 3.8) is 0 Å². The van der Waals surface area contributed by atoms with E-state index in [4.69, 9.17) is 9.47 Å². The predicted octanol–water partition coefficient (Wildman–Crippen LogP) is 3.85. The number of hydrogen-bond acceptors (Lipinski definition) is 6. The molecule has 0 unspecified atom stereocenters. The number of nitro benzene ring substituents is 1. The Morgan fingerprint density at radius 3 is 2.58 bits per heavy atom. The molecule has 0 fully saturated rings. The lowest BCUT2D eigenvalue weighted by Crippen LogP contribution is -1.98. The van der Waals surface area contributed by atoms with Crippen LogP contribution in [0.25, 0.3) is 11.4 Å². The maximum absolute atomic E-state index is 10.9. The molecular weight excluding hydrogens is 310 g/mol. The third-order valence-electron chi connectivity index (χ3n) is 3.22. The van der Waals surface area contributed by atoms with E-state index in [9.17, 15) is 10.1 Å². The van der Waals surface area contributed by atoms with Crippen molar-refractivity contribution in [2.45, 2.75) is 0 Å². The minimum atomic E-state index is -0.487. The Labute approximate surface area is 137 Å². The maximum Gasteiger partial charge on any atom is 0.273 e. The van der Waals surface area contributed by atoms with Crippen molar-refractivity contribution in [3.8, 4) is 28.8 Å². The SMILES string of the molecule is COc1cnc(-c2ccccc2)nc1Oc1cccc([N+](=O)[O-])c1. The van der Waals surface area contributed by atoms with Crippen LogP contribution in [0.4, 0.5) is 5.69 Å². The quantitative estimate of drug-likeness (QED) is 0.523. The molecule has 0 saturated carbocycles. The lowest BCUT2D eigenvalue weighted by atomic mass is 10.2. The molecule has 0 aliphatic rings. The Morgan fingerprint density at radius 1 is 1.08 bits per heavy atom. The first-order valence-electron chi connectivity index (χ1n) is 7.06. The standard InChI is InChI=1S/C17H13N3O4/c1-23-15-11-18-16(12-6-3-2-4-7-12)19-17(15)24-14-9-5-8-13(10-14)20(21)22/h2-11H,1H3. The lowest BCUT2D eigenvalue weighted by Gasteiger charge is -2.10. The number of aromatic nitrogens is 2. The van der Waals surface area contributed by atoms with Crippen molar-refractivity contribution < 1.29 is 14.4 Å². The van der Waals surface area contributed by atoms with Gasteiger partial charge in [0.1, 0.15) is 5.75 Å². The summed E-state index contributed by atoms with van der Waals surface area (Å²) in [7, 11) is 1.47. The van der Waals surface area contributed by atoms with E-state index in [1.54, 1.807) is 12.1 Å². The van der Waals surface area contributed by atoms with Crippen LogP contribution in [0.15, 0.2) is 60.8 Å². The molecule has 3 rings (SSSR count). The molecule has 3 aromatic rings. The zero-order chi connectivity index (χ0) is 16.9. The van der Waals surface area contributed by atoms with E-state index in [0.29, 0.717) is 17.3 Å². The molecule has 0 aliphatic heterocycles. The molecule has 0 spiro atoms. The number of methoxy groups -OCH3 is 1. The van der Waals surface area contributed by atoms with Gasteiger partial charge >= 0.3 is 0 Å². The second kappa shape index (κ2) is 6.74. The molecule has 1 heterocycles. The van der Waals surface area contributed by atoms with Crippen molar-refractivity contribution in [2.75, 3.05) is 7.11 Å². The molecule has 0 bridgehead atoms. The van der Waals surface area contributed by atoms with Gasteiger partial charge in [-0.05, 0) is 6.07 Å². The van der Waals surface area contributed by atoms with E-state index in [1.807, 2.05) is 30.3 Å². The predicted molar refractivity (Wildman–Crippen MR) is 87.2 cm³/mol. The normalized spacial score (nSPS) is 10.2. The first-order chi connectivity index (χ1) is 11.7. The number of rotatable bonds is 5. The molecule has 7 nitrogen and oxygen atoms in total. The molecule has 0 N–H and O–H groups in total. The van der Waals surface area contributed by atoms with Crippen molar-refractivity contribution >= 4 is 5.69 Å². The fraction of sp³-hybridized carbons (Fsp3) is 0.0588. The van der Waals surface area contributed by atoms with Gasteiger partial charge in [-0.25, -0.2) is 4.98 Å². The summed E-state index contributed by atoms with van der Waals surface area (Å²) in [6.45, 7) is 0. The summed E-state index contributed by atoms with van der Waals surface area (Å²) >= 11 is 0. The van der Waals surface area contributed by atoms with Crippen molar-refractivity contribution in [1.29, 1.82) is 0 Å². The molecule has 120 valence electrons. The molecule has 0 radical (unpaired) electrons. The molecule has 0 saturated heterocycles. The van der Waals surface area contributed by atoms with Crippen LogP contribution in [0.3, 0.4) is 0 Å². The number of ether oxygens (including phenoxy) is 2. The molecule has 0 amide bonds. The van der Waals surface area contributed by atoms with Gasteiger partial charge in [0.2, 0.25) is 0 Å². The van der Waals surface area contributed by atoms with E-state index in [-0.39, 0.29) is 11.6 Å². The summed E-state index contributed by atoms with van der Waals surface area (Å²) in [5.41, 5.74) is 0.757. The summed E-state index contributed by atoms with van der Waals surface area (Å²) in [4.78, 5) is 19.0. The fourth-order valence-electron chi connectivity index (χ4n) is 2.07. The van der Waals surface area contributed by atoms with Crippen LogP contribution >= 0.6 is 0 Å². The second-order valence-electron chi connectivity index (χ2n) is 4.79. The van der Waals surface area contributed by atoms with Gasteiger partial charge in [-0.15, -0.1) is 0 Å². The zero-order valence-corrected chi connectivity index (χ0v) is 12.7. The molecule has 24 heavy (non-hydrogen) atoms. The van der Waals surface area contributed by atoms with Gasteiger partial charge < -0.3 is 9.47 Å². The second-order valence-corrected chi connectivity index (χ2v) is 4.79. The molecule has 0 atom stereocenters. The van der Waals surface area contributed by atoms with E-state index in [2.05, 4.69) is 9.97 Å². The molecule has 1 aromatic heterocycles. The van der Waals surface area contributed by atoms with Crippen LogP contribution in [0, 0.1) is 10.1 Å². The number of hydrogen-bond donors (Lipinski definition) is 0. The van der Waals surface area contributed by atoms with Crippen molar-refractivity contribution in [2.24, 2.45) is 0 Å². The molecular formula is C17H13N3O4. The Balaban J connectivity index is 1.97. The van der Waals surface area contributed by atoms with Gasteiger partial charge in [-0.2, -0.15) is 4.98 Å². The highest BCUT2D eigenvalue weighted by Crippen LogP contribution is 2.32. The molecule has 7 heteroatoms. The van der Waals surface area contributed by atoms with E-state index in [0.717, 1.165) is 5.56 Å². The van der Waals surface area contributed by atoms with E-state index in [1.165, 1.54) is 25.4 Å². The first kappa shape index (κ1) is 15.4. The minimum absolute atomic E-state index is 0.0659. The highest BCUT2D eigenvalue weighted by molar-refractivity contribution is 5.56. The fourth-order valence-corrected chi connectivity index (χ4v) is 2.07. The summed E-state index contributed by atoms with van der Waals surface area (Å²) in [6, 6.07) is 15.3. The van der Waals surface area contributed by atoms with Crippen LogP contribution in [-0.4, -0.2) is 22.0 Å². The average Bonchev–Trinajstić information content (AvgIpc) is 2.62. The monoisotopic (exact) mass is 323 g/mol. The van der Waals surface area contributed by atoms with Gasteiger partial charge in [-0.1, -0.05) is 36.4 Å². The third kappa shape index (κ3) is 3.30. The zero-order valence-electron chi connectivity index (χ0n) is 12.7. The van der Waals surface area contributed by atoms with Crippen LogP contribution < -0.4 is 9.47 Å². The van der Waals surface area contributed by atoms with Gasteiger partial charge in [0.05, 0.1) is 24.3 Å². The highest BCUT2D eigenvalue weighted by Gasteiger charge is 2.13. The minimum Gasteiger partial charge on any atom is -0.490 e. The number of nitrogens with zero attached hydrogens (tertiary/aromatic N) is 3. The topological polar surface area (TPSA) is 87.4 Å². The largest absolute Gasteiger partial charge is 0.490 e. The Kier molecular flexibility index (Phi) is 4.33. The Bertz CT molecular complexity index is 869. The molecule has 0 aliphatic carbocycles. The van der Waals surface area contributed by atoms with Crippen LogP contribution in [0.2, 0.25) is 0 Å². The van der Waals surface area contributed by atoms with Gasteiger partial charge in [-0.3, -0.25) is 10.1 Å². The Morgan fingerprint density at radius 2 is 1.88 bits per heavy atom. The summed E-state index contributed by atoms with van der Waals surface area (Å²) < 4.78 is 10.9. The third-order valence-corrected chi connectivity index (χ3v) is 3.22. The van der Waals surface area contributed by atoms with E-state index < -0.39 is 4.92 Å². The van der Waals surface area contributed by atoms with Crippen molar-refractivity contribution in [3.05, 3.63) is 70.9 Å². The number of nitro groups is 1. The maximum atomic E-state index is 10.9. The highest BCUT2D eigenvalue weighted by atomic mass is 16.6. The van der Waals surface area contributed by atoms with Crippen LogP contribution in [0.1, 0.15) is 0 Å². The van der Waals surface area contributed by atoms with Gasteiger partial charge in [0, 0.05) is 11.6 Å². The lowest BCUT2D eigenvalue weighted by molar-refractivity contribution is -0.384. The average molecular weight is 323 g/mol. The van der Waals surface area contributed by atoms with Crippen molar-refractivity contribution in [1.82, 2.24) is 9.97 Å². The summed E-state index contributed by atoms with van der Waals surface area (Å²) in [5, 5.41) is 10.9. The van der Waals surface area contributed by atoms with E-state index >= 15 is 0 Å². The Hall–Kier alpha value is -3.48. The smallest absolute Gasteiger partial charge is 0.273 e. The van der Waals surface area contributed by atoms with Gasteiger partial charge in [0.15, 0.2) is 11.6 Å². The van der Waals surface area contributed by atoms with Gasteiger partial charge in [0.25, 0.3) is 11.6 Å². The molecule has 2 aromatic carbocycles. The number of benzene rings is 2. The summed E-state index contributed by atoms with van der Waals surface area (Å²) in [6.07, 6.45) is 1.50. The van der Waals surface area contributed by atoms with Crippen LogP contribution in [-0.2, 0) is 0 Å². The number of non-ortho nitro benzene ring substituents is 1. The first-order valence-corrected chi connectivity index (χ1v) is 7.06. The summed E-state index contributed by atoms with van der Waals surface area (Å²) in [5.74, 6) is 1.28.